The molecule has 0 spiro atoms. The highest BCUT2D eigenvalue weighted by Crippen LogP contribution is 2.27. The van der Waals surface area contributed by atoms with Gasteiger partial charge in [0, 0.05) is 11.6 Å². The van der Waals surface area contributed by atoms with Crippen LogP contribution in [0.5, 0.6) is 5.75 Å². The third-order valence-electron chi connectivity index (χ3n) is 2.63. The predicted molar refractivity (Wildman–Crippen MR) is 65.3 cm³/mol. The number of methoxy groups -OCH3 is 1. The van der Waals surface area contributed by atoms with Crippen molar-refractivity contribution in [1.29, 1.82) is 0 Å². The van der Waals surface area contributed by atoms with Crippen LogP contribution in [-0.4, -0.2) is 18.2 Å². The molecule has 19 heavy (non-hydrogen) atoms. The number of carboxylic acid groups (broad SMARTS) is 1. The third kappa shape index (κ3) is 2.70. The highest BCUT2D eigenvalue weighted by molar-refractivity contribution is 5.89. The number of benzene rings is 2. The van der Waals surface area contributed by atoms with Gasteiger partial charge >= 0.3 is 5.97 Å². The molecule has 0 atom stereocenters. The Balaban J connectivity index is 2.55. The zero-order chi connectivity index (χ0) is 14.0. The lowest BCUT2D eigenvalue weighted by molar-refractivity contribution is 0.0696. The first kappa shape index (κ1) is 13.0. The van der Waals surface area contributed by atoms with Crippen LogP contribution in [0.25, 0.3) is 11.1 Å². The van der Waals surface area contributed by atoms with Gasteiger partial charge in [0.25, 0.3) is 0 Å². The Hall–Kier alpha value is -2.43. The van der Waals surface area contributed by atoms with E-state index in [2.05, 4.69) is 0 Å². The van der Waals surface area contributed by atoms with Crippen molar-refractivity contribution in [2.45, 2.75) is 0 Å². The van der Waals surface area contributed by atoms with Gasteiger partial charge in [-0.25, -0.2) is 13.6 Å². The smallest absolute Gasteiger partial charge is 0.335 e. The van der Waals surface area contributed by atoms with Gasteiger partial charge in [0.1, 0.15) is 17.4 Å². The number of carbonyl (C=O) groups is 1. The summed E-state index contributed by atoms with van der Waals surface area (Å²) in [5.74, 6) is -2.28. The first-order valence-electron chi connectivity index (χ1n) is 5.39. The maximum absolute atomic E-state index is 13.8. The zero-order valence-electron chi connectivity index (χ0n) is 9.98. The molecule has 0 fully saturated rings. The maximum atomic E-state index is 13.8. The molecule has 0 aromatic heterocycles. The number of hydrogen-bond donors (Lipinski definition) is 1. The second kappa shape index (κ2) is 5.06. The zero-order valence-corrected chi connectivity index (χ0v) is 9.98. The van der Waals surface area contributed by atoms with Crippen LogP contribution in [-0.2, 0) is 0 Å². The first-order valence-corrected chi connectivity index (χ1v) is 5.39. The summed E-state index contributed by atoms with van der Waals surface area (Å²) in [6.07, 6.45) is 0. The summed E-state index contributed by atoms with van der Waals surface area (Å²) in [5.41, 5.74) is 0.0468. The summed E-state index contributed by atoms with van der Waals surface area (Å²) in [6.45, 7) is 0. The van der Waals surface area contributed by atoms with Gasteiger partial charge in [-0.15, -0.1) is 0 Å². The van der Waals surface area contributed by atoms with E-state index in [4.69, 9.17) is 9.84 Å². The average molecular weight is 264 g/mol. The van der Waals surface area contributed by atoms with Crippen molar-refractivity contribution in [2.24, 2.45) is 0 Å². The first-order chi connectivity index (χ1) is 9.01. The normalized spacial score (nSPS) is 10.3. The second-order valence-corrected chi connectivity index (χ2v) is 3.88. The van der Waals surface area contributed by atoms with Gasteiger partial charge in [-0.3, -0.25) is 0 Å². The standard InChI is InChI=1S/C14H10F2O3/c1-19-11-2-3-12(13(16)7-11)8-4-9(14(17)18)6-10(15)5-8/h2-7H,1H3,(H,17,18). The number of hydrogen-bond acceptors (Lipinski definition) is 2. The van der Waals surface area contributed by atoms with Crippen LogP contribution in [0.4, 0.5) is 8.78 Å². The summed E-state index contributed by atoms with van der Waals surface area (Å²) in [6, 6.07) is 7.26. The number of aromatic carboxylic acids is 1. The molecule has 0 saturated heterocycles. The number of ether oxygens (including phenoxy) is 1. The van der Waals surface area contributed by atoms with E-state index >= 15 is 0 Å². The molecule has 0 amide bonds. The van der Waals surface area contributed by atoms with Crippen molar-refractivity contribution in [2.75, 3.05) is 7.11 Å². The Kier molecular flexibility index (Phi) is 3.46. The van der Waals surface area contributed by atoms with Crippen molar-refractivity contribution in [3.63, 3.8) is 0 Å². The summed E-state index contributed by atoms with van der Waals surface area (Å²) < 4.78 is 32.0. The Morgan fingerprint density at radius 2 is 1.89 bits per heavy atom. The summed E-state index contributed by atoms with van der Waals surface area (Å²) >= 11 is 0. The Morgan fingerprint density at radius 3 is 2.47 bits per heavy atom. The minimum absolute atomic E-state index is 0.114. The van der Waals surface area contributed by atoms with E-state index in [1.807, 2.05) is 0 Å². The molecule has 5 heteroatoms. The van der Waals surface area contributed by atoms with Crippen LogP contribution in [0, 0.1) is 11.6 Å². The average Bonchev–Trinajstić information content (AvgIpc) is 2.37. The Labute approximate surface area is 108 Å². The lowest BCUT2D eigenvalue weighted by atomic mass is 10.0. The fourth-order valence-electron chi connectivity index (χ4n) is 1.73. The molecule has 0 aliphatic heterocycles. The van der Waals surface area contributed by atoms with Gasteiger partial charge in [0.15, 0.2) is 0 Å². The van der Waals surface area contributed by atoms with Crippen LogP contribution >= 0.6 is 0 Å². The second-order valence-electron chi connectivity index (χ2n) is 3.88. The SMILES string of the molecule is COc1ccc(-c2cc(F)cc(C(=O)O)c2)c(F)c1. The van der Waals surface area contributed by atoms with Gasteiger partial charge in [0.2, 0.25) is 0 Å². The molecule has 2 aromatic carbocycles. The van der Waals surface area contributed by atoms with Crippen molar-refractivity contribution in [3.05, 3.63) is 53.6 Å². The van der Waals surface area contributed by atoms with Gasteiger partial charge in [0.05, 0.1) is 12.7 Å². The van der Waals surface area contributed by atoms with Gasteiger partial charge in [-0.1, -0.05) is 0 Å². The minimum atomic E-state index is -1.27. The van der Waals surface area contributed by atoms with Crippen LogP contribution < -0.4 is 4.74 Å². The Bertz CT molecular complexity index is 639. The van der Waals surface area contributed by atoms with Crippen LogP contribution in [0.3, 0.4) is 0 Å². The molecule has 0 saturated carbocycles. The predicted octanol–water partition coefficient (Wildman–Crippen LogP) is 3.34. The van der Waals surface area contributed by atoms with Crippen molar-refractivity contribution >= 4 is 5.97 Å². The molecule has 0 aliphatic rings. The van der Waals surface area contributed by atoms with E-state index < -0.39 is 17.6 Å². The monoisotopic (exact) mass is 264 g/mol. The quantitative estimate of drug-likeness (QED) is 0.924. The van der Waals surface area contributed by atoms with Crippen molar-refractivity contribution in [1.82, 2.24) is 0 Å². The van der Waals surface area contributed by atoms with E-state index in [9.17, 15) is 13.6 Å². The van der Waals surface area contributed by atoms with E-state index in [1.54, 1.807) is 0 Å². The molecule has 0 aliphatic carbocycles. The lowest BCUT2D eigenvalue weighted by Crippen LogP contribution is -1.98. The molecule has 0 bridgehead atoms. The molecular formula is C14H10F2O3. The van der Waals surface area contributed by atoms with Crippen LogP contribution in [0.15, 0.2) is 36.4 Å². The maximum Gasteiger partial charge on any atom is 0.335 e. The molecule has 1 N–H and O–H groups in total. The number of rotatable bonds is 3. The molecule has 2 aromatic rings. The van der Waals surface area contributed by atoms with Gasteiger partial charge < -0.3 is 9.84 Å². The van der Waals surface area contributed by atoms with E-state index in [0.29, 0.717) is 5.75 Å². The fraction of sp³-hybridized carbons (Fsp3) is 0.0714. The van der Waals surface area contributed by atoms with Crippen LogP contribution in [0.1, 0.15) is 10.4 Å². The summed E-state index contributed by atoms with van der Waals surface area (Å²) in [7, 11) is 1.40. The lowest BCUT2D eigenvalue weighted by Gasteiger charge is -2.07. The van der Waals surface area contributed by atoms with E-state index in [1.165, 1.54) is 25.3 Å². The fourth-order valence-corrected chi connectivity index (χ4v) is 1.73. The molecular weight excluding hydrogens is 254 g/mol. The third-order valence-corrected chi connectivity index (χ3v) is 2.63. The Morgan fingerprint density at radius 1 is 1.16 bits per heavy atom. The molecule has 0 unspecified atom stereocenters. The topological polar surface area (TPSA) is 46.5 Å². The van der Waals surface area contributed by atoms with Crippen molar-refractivity contribution < 1.29 is 23.4 Å². The largest absolute Gasteiger partial charge is 0.497 e. The number of carboxylic acids is 1. The van der Waals surface area contributed by atoms with E-state index in [-0.39, 0.29) is 16.7 Å². The summed E-state index contributed by atoms with van der Waals surface area (Å²) in [5, 5.41) is 8.85. The molecule has 3 nitrogen and oxygen atoms in total. The highest BCUT2D eigenvalue weighted by atomic mass is 19.1. The molecule has 2 rings (SSSR count). The van der Waals surface area contributed by atoms with E-state index in [0.717, 1.165) is 18.2 Å². The summed E-state index contributed by atoms with van der Waals surface area (Å²) in [4.78, 5) is 10.8. The molecule has 0 heterocycles. The van der Waals surface area contributed by atoms with Gasteiger partial charge in [-0.05, 0) is 35.9 Å². The highest BCUT2D eigenvalue weighted by Gasteiger charge is 2.12. The van der Waals surface area contributed by atoms with Crippen molar-refractivity contribution in [3.8, 4) is 16.9 Å². The van der Waals surface area contributed by atoms with Crippen LogP contribution in [0.2, 0.25) is 0 Å². The number of halogens is 2. The van der Waals surface area contributed by atoms with Gasteiger partial charge in [-0.2, -0.15) is 0 Å². The molecule has 98 valence electrons. The minimum Gasteiger partial charge on any atom is -0.497 e. The molecule has 0 radical (unpaired) electrons.